The van der Waals surface area contributed by atoms with Crippen LogP contribution in [-0.4, -0.2) is 32.3 Å². The third-order valence-corrected chi connectivity index (χ3v) is 2.22. The topological polar surface area (TPSA) is 84.2 Å². The van der Waals surface area contributed by atoms with E-state index in [1.165, 1.54) is 18.5 Å². The molecule has 0 unspecified atom stereocenters. The molecule has 0 saturated heterocycles. The molecule has 1 rings (SSSR count). The van der Waals surface area contributed by atoms with Gasteiger partial charge in [0.2, 0.25) is 0 Å². The second kappa shape index (κ2) is 3.96. The SMILES string of the molecule is Cc1nn(C)cc1C(=O)NC(C)(C)C(=O)O. The zero-order chi connectivity index (χ0) is 12.5. The lowest BCUT2D eigenvalue weighted by Crippen LogP contribution is -2.49. The summed E-state index contributed by atoms with van der Waals surface area (Å²) in [5.74, 6) is -1.51. The van der Waals surface area contributed by atoms with E-state index in [0.717, 1.165) is 0 Å². The van der Waals surface area contributed by atoms with Crippen LogP contribution in [0.15, 0.2) is 6.20 Å². The number of nitrogens with zero attached hydrogens (tertiary/aromatic N) is 2. The number of rotatable bonds is 3. The van der Waals surface area contributed by atoms with Crippen LogP contribution in [0.5, 0.6) is 0 Å². The second-order valence-electron chi connectivity index (χ2n) is 4.19. The molecular weight excluding hydrogens is 210 g/mol. The van der Waals surface area contributed by atoms with Crippen molar-refractivity contribution in [2.75, 3.05) is 0 Å². The molecule has 0 aliphatic rings. The number of aryl methyl sites for hydroxylation is 2. The Morgan fingerprint density at radius 2 is 2.06 bits per heavy atom. The van der Waals surface area contributed by atoms with Crippen LogP contribution >= 0.6 is 0 Å². The van der Waals surface area contributed by atoms with Crippen LogP contribution in [0.3, 0.4) is 0 Å². The highest BCUT2D eigenvalue weighted by Gasteiger charge is 2.30. The molecule has 6 nitrogen and oxygen atoms in total. The number of aromatic nitrogens is 2. The predicted molar refractivity (Wildman–Crippen MR) is 57.1 cm³/mol. The molecule has 1 aromatic rings. The Morgan fingerprint density at radius 1 is 1.50 bits per heavy atom. The van der Waals surface area contributed by atoms with E-state index >= 15 is 0 Å². The minimum Gasteiger partial charge on any atom is -0.480 e. The van der Waals surface area contributed by atoms with E-state index < -0.39 is 17.4 Å². The van der Waals surface area contributed by atoms with Crippen LogP contribution in [0.4, 0.5) is 0 Å². The molecule has 0 fully saturated rings. The highest BCUT2D eigenvalue weighted by molar-refractivity contribution is 5.98. The summed E-state index contributed by atoms with van der Waals surface area (Å²) in [5.41, 5.74) is -0.336. The van der Waals surface area contributed by atoms with Gasteiger partial charge in [-0.2, -0.15) is 5.10 Å². The van der Waals surface area contributed by atoms with Gasteiger partial charge in [-0.15, -0.1) is 0 Å². The molecule has 0 saturated carbocycles. The maximum atomic E-state index is 11.8. The summed E-state index contributed by atoms with van der Waals surface area (Å²) in [5, 5.41) is 15.3. The standard InChI is InChI=1S/C10H15N3O3/c1-6-7(5-13(4)12-6)8(14)11-10(2,3)9(15)16/h5H,1-4H3,(H,11,14)(H,15,16). The number of carbonyl (C=O) groups is 2. The number of carbonyl (C=O) groups excluding carboxylic acids is 1. The van der Waals surface area contributed by atoms with Crippen molar-refractivity contribution in [3.8, 4) is 0 Å². The molecule has 16 heavy (non-hydrogen) atoms. The first-order valence-corrected chi connectivity index (χ1v) is 4.80. The zero-order valence-electron chi connectivity index (χ0n) is 9.74. The Hall–Kier alpha value is -1.85. The number of carboxylic acid groups (broad SMARTS) is 1. The third-order valence-electron chi connectivity index (χ3n) is 2.22. The molecule has 1 amide bonds. The first-order chi connectivity index (χ1) is 7.24. The van der Waals surface area contributed by atoms with E-state index in [1.54, 1.807) is 20.2 Å². The van der Waals surface area contributed by atoms with Crippen molar-refractivity contribution in [3.63, 3.8) is 0 Å². The molecule has 1 aromatic heterocycles. The lowest BCUT2D eigenvalue weighted by molar-refractivity contribution is -0.143. The number of carboxylic acids is 1. The van der Waals surface area contributed by atoms with E-state index in [0.29, 0.717) is 11.3 Å². The normalized spacial score (nSPS) is 11.2. The van der Waals surface area contributed by atoms with Gasteiger partial charge in [-0.1, -0.05) is 0 Å². The van der Waals surface area contributed by atoms with Crippen molar-refractivity contribution < 1.29 is 14.7 Å². The molecule has 6 heteroatoms. The smallest absolute Gasteiger partial charge is 0.328 e. The zero-order valence-corrected chi connectivity index (χ0v) is 9.74. The highest BCUT2D eigenvalue weighted by atomic mass is 16.4. The molecule has 0 atom stereocenters. The van der Waals surface area contributed by atoms with Crippen LogP contribution in [0, 0.1) is 6.92 Å². The predicted octanol–water partition coefficient (Wildman–Crippen LogP) is 0.322. The number of hydrogen-bond acceptors (Lipinski definition) is 3. The largest absolute Gasteiger partial charge is 0.480 e. The lowest BCUT2D eigenvalue weighted by atomic mass is 10.1. The van der Waals surface area contributed by atoms with Crippen LogP contribution in [-0.2, 0) is 11.8 Å². The van der Waals surface area contributed by atoms with Crippen molar-refractivity contribution in [2.24, 2.45) is 7.05 Å². The summed E-state index contributed by atoms with van der Waals surface area (Å²) < 4.78 is 1.51. The van der Waals surface area contributed by atoms with Gasteiger partial charge in [-0.3, -0.25) is 9.48 Å². The molecule has 0 bridgehead atoms. The van der Waals surface area contributed by atoms with Gasteiger partial charge in [-0.25, -0.2) is 4.79 Å². The summed E-state index contributed by atoms with van der Waals surface area (Å²) >= 11 is 0. The van der Waals surface area contributed by atoms with E-state index in [1.807, 2.05) is 0 Å². The second-order valence-corrected chi connectivity index (χ2v) is 4.19. The maximum Gasteiger partial charge on any atom is 0.328 e. The molecule has 0 aromatic carbocycles. The van der Waals surface area contributed by atoms with Crippen LogP contribution in [0.25, 0.3) is 0 Å². The van der Waals surface area contributed by atoms with E-state index in [9.17, 15) is 9.59 Å². The summed E-state index contributed by atoms with van der Waals surface area (Å²) in [6.45, 7) is 4.56. The Kier molecular flexibility index (Phi) is 3.02. The third kappa shape index (κ3) is 2.39. The molecule has 0 spiro atoms. The van der Waals surface area contributed by atoms with Gasteiger partial charge in [0.25, 0.3) is 5.91 Å². The monoisotopic (exact) mass is 225 g/mol. The van der Waals surface area contributed by atoms with Crippen LogP contribution in [0.2, 0.25) is 0 Å². The van der Waals surface area contributed by atoms with E-state index in [4.69, 9.17) is 5.11 Å². The number of nitrogens with one attached hydrogen (secondary N) is 1. The molecule has 1 heterocycles. The molecule has 0 aliphatic carbocycles. The fourth-order valence-electron chi connectivity index (χ4n) is 1.23. The minimum absolute atomic E-state index is 0.386. The summed E-state index contributed by atoms with van der Waals surface area (Å²) in [4.78, 5) is 22.6. The van der Waals surface area contributed by atoms with Gasteiger partial charge in [0, 0.05) is 13.2 Å². The number of hydrogen-bond donors (Lipinski definition) is 2. The minimum atomic E-state index is -1.29. The molecule has 2 N–H and O–H groups in total. The van der Waals surface area contributed by atoms with Crippen molar-refractivity contribution in [2.45, 2.75) is 26.3 Å². The van der Waals surface area contributed by atoms with Crippen molar-refractivity contribution in [3.05, 3.63) is 17.5 Å². The molecule has 0 aliphatic heterocycles. The number of aliphatic carboxylic acids is 1. The van der Waals surface area contributed by atoms with E-state index in [2.05, 4.69) is 10.4 Å². The quantitative estimate of drug-likeness (QED) is 0.776. The Morgan fingerprint density at radius 3 is 2.44 bits per heavy atom. The highest BCUT2D eigenvalue weighted by Crippen LogP contribution is 2.08. The van der Waals surface area contributed by atoms with E-state index in [-0.39, 0.29) is 0 Å². The fourth-order valence-corrected chi connectivity index (χ4v) is 1.23. The van der Waals surface area contributed by atoms with Gasteiger partial charge < -0.3 is 10.4 Å². The number of amides is 1. The van der Waals surface area contributed by atoms with Gasteiger partial charge in [0.1, 0.15) is 5.54 Å². The Bertz CT molecular complexity index is 435. The molecular formula is C10H15N3O3. The Balaban J connectivity index is 2.89. The van der Waals surface area contributed by atoms with Gasteiger partial charge >= 0.3 is 5.97 Å². The fraction of sp³-hybridized carbons (Fsp3) is 0.500. The Labute approximate surface area is 93.3 Å². The van der Waals surface area contributed by atoms with Crippen molar-refractivity contribution in [1.82, 2.24) is 15.1 Å². The summed E-state index contributed by atoms with van der Waals surface area (Å²) in [7, 11) is 1.70. The van der Waals surface area contributed by atoms with Gasteiger partial charge in [0.15, 0.2) is 0 Å². The van der Waals surface area contributed by atoms with Crippen molar-refractivity contribution >= 4 is 11.9 Å². The molecule has 88 valence electrons. The average Bonchev–Trinajstić information content (AvgIpc) is 2.44. The summed E-state index contributed by atoms with van der Waals surface area (Å²) in [6.07, 6.45) is 1.56. The average molecular weight is 225 g/mol. The molecule has 0 radical (unpaired) electrons. The summed E-state index contributed by atoms with van der Waals surface area (Å²) in [6, 6.07) is 0. The first-order valence-electron chi connectivity index (χ1n) is 4.80. The maximum absolute atomic E-state index is 11.8. The van der Waals surface area contributed by atoms with Gasteiger partial charge in [-0.05, 0) is 20.8 Å². The lowest BCUT2D eigenvalue weighted by Gasteiger charge is -2.20. The first kappa shape index (κ1) is 12.2. The van der Waals surface area contributed by atoms with Crippen LogP contribution in [0.1, 0.15) is 29.9 Å². The van der Waals surface area contributed by atoms with Gasteiger partial charge in [0.05, 0.1) is 11.3 Å². The van der Waals surface area contributed by atoms with Crippen molar-refractivity contribution in [1.29, 1.82) is 0 Å². The van der Waals surface area contributed by atoms with Crippen LogP contribution < -0.4 is 5.32 Å².